The first-order valence-electron chi connectivity index (χ1n) is 5.61. The third-order valence-electron chi connectivity index (χ3n) is 2.96. The van der Waals surface area contributed by atoms with Gasteiger partial charge in [-0.25, -0.2) is 5.84 Å². The molecule has 5 nitrogen and oxygen atoms in total. The van der Waals surface area contributed by atoms with Crippen LogP contribution < -0.4 is 11.3 Å². The lowest BCUT2D eigenvalue weighted by atomic mass is 10.2. The molecule has 1 saturated heterocycles. The van der Waals surface area contributed by atoms with Gasteiger partial charge in [-0.2, -0.15) is 0 Å². The largest absolute Gasteiger partial charge is 0.379 e. The SMILES string of the molecule is CC1COCCN1Cc1ccsc1C(=O)NN. The van der Waals surface area contributed by atoms with Gasteiger partial charge >= 0.3 is 0 Å². The van der Waals surface area contributed by atoms with Crippen LogP contribution in [0.5, 0.6) is 0 Å². The van der Waals surface area contributed by atoms with Crippen molar-refractivity contribution in [2.24, 2.45) is 5.84 Å². The van der Waals surface area contributed by atoms with E-state index in [0.717, 1.165) is 31.9 Å². The molecule has 1 aromatic heterocycles. The smallest absolute Gasteiger partial charge is 0.275 e. The van der Waals surface area contributed by atoms with Gasteiger partial charge in [0.25, 0.3) is 5.91 Å². The summed E-state index contributed by atoms with van der Waals surface area (Å²) in [4.78, 5) is 14.6. The number of hydrogen-bond acceptors (Lipinski definition) is 5. The highest BCUT2D eigenvalue weighted by Gasteiger charge is 2.21. The Morgan fingerprint density at radius 3 is 3.29 bits per heavy atom. The van der Waals surface area contributed by atoms with E-state index in [1.54, 1.807) is 0 Å². The molecule has 0 aliphatic carbocycles. The maximum absolute atomic E-state index is 11.5. The molecule has 2 heterocycles. The van der Waals surface area contributed by atoms with Crippen LogP contribution in [0.15, 0.2) is 11.4 Å². The molecule has 94 valence electrons. The molecule has 1 atom stereocenters. The number of rotatable bonds is 3. The Morgan fingerprint density at radius 1 is 1.76 bits per heavy atom. The Bertz CT molecular complexity index is 394. The number of nitrogens with two attached hydrogens (primary N) is 1. The van der Waals surface area contributed by atoms with E-state index in [0.29, 0.717) is 10.9 Å². The second-order valence-corrected chi connectivity index (χ2v) is 5.06. The van der Waals surface area contributed by atoms with Crippen LogP contribution in [0, 0.1) is 0 Å². The van der Waals surface area contributed by atoms with Gasteiger partial charge in [-0.3, -0.25) is 15.1 Å². The third kappa shape index (κ3) is 2.84. The fourth-order valence-corrected chi connectivity index (χ4v) is 2.76. The molecule has 0 aromatic carbocycles. The van der Waals surface area contributed by atoms with E-state index >= 15 is 0 Å². The van der Waals surface area contributed by atoms with Crippen molar-refractivity contribution >= 4 is 17.2 Å². The zero-order valence-corrected chi connectivity index (χ0v) is 10.6. The highest BCUT2D eigenvalue weighted by molar-refractivity contribution is 7.12. The van der Waals surface area contributed by atoms with Gasteiger partial charge in [0.2, 0.25) is 0 Å². The van der Waals surface area contributed by atoms with Crippen molar-refractivity contribution in [3.8, 4) is 0 Å². The second kappa shape index (κ2) is 5.59. The molecule has 1 amide bonds. The van der Waals surface area contributed by atoms with Gasteiger partial charge in [0.05, 0.1) is 18.1 Å². The van der Waals surface area contributed by atoms with Gasteiger partial charge in [-0.05, 0) is 23.9 Å². The molecule has 2 rings (SSSR count). The Morgan fingerprint density at radius 2 is 2.59 bits per heavy atom. The molecule has 0 radical (unpaired) electrons. The van der Waals surface area contributed by atoms with Crippen LogP contribution in [0.25, 0.3) is 0 Å². The standard InChI is InChI=1S/C11H17N3O2S/c1-8-7-16-4-3-14(8)6-9-2-5-17-10(9)11(15)13-12/h2,5,8H,3-4,6-7,12H2,1H3,(H,13,15). The van der Waals surface area contributed by atoms with E-state index in [1.165, 1.54) is 11.3 Å². The van der Waals surface area contributed by atoms with Gasteiger partial charge in [0.15, 0.2) is 0 Å². The minimum Gasteiger partial charge on any atom is -0.379 e. The van der Waals surface area contributed by atoms with E-state index in [9.17, 15) is 4.79 Å². The van der Waals surface area contributed by atoms with Crippen molar-refractivity contribution in [3.05, 3.63) is 21.9 Å². The van der Waals surface area contributed by atoms with Crippen LogP contribution in [-0.2, 0) is 11.3 Å². The monoisotopic (exact) mass is 255 g/mol. The summed E-state index contributed by atoms with van der Waals surface area (Å²) in [5, 5.41) is 1.92. The van der Waals surface area contributed by atoms with Gasteiger partial charge in [-0.15, -0.1) is 11.3 Å². The summed E-state index contributed by atoms with van der Waals surface area (Å²) < 4.78 is 5.39. The predicted molar refractivity (Wildman–Crippen MR) is 66.7 cm³/mol. The molecular weight excluding hydrogens is 238 g/mol. The number of nitrogens with zero attached hydrogens (tertiary/aromatic N) is 1. The minimum atomic E-state index is -0.212. The molecule has 6 heteroatoms. The summed E-state index contributed by atoms with van der Waals surface area (Å²) in [6.45, 7) is 5.32. The molecule has 1 aliphatic rings. The number of nitrogen functional groups attached to an aromatic ring is 1. The average molecular weight is 255 g/mol. The summed E-state index contributed by atoms with van der Waals surface area (Å²) >= 11 is 1.42. The number of hydrogen-bond donors (Lipinski definition) is 2. The Balaban J connectivity index is 2.07. The molecule has 0 spiro atoms. The number of nitrogens with one attached hydrogen (secondary N) is 1. The summed E-state index contributed by atoms with van der Waals surface area (Å²) in [5.74, 6) is 4.95. The lowest BCUT2D eigenvalue weighted by Crippen LogP contribution is -2.43. The highest BCUT2D eigenvalue weighted by atomic mass is 32.1. The van der Waals surface area contributed by atoms with Crippen molar-refractivity contribution in [1.82, 2.24) is 10.3 Å². The Labute approximate surface area is 105 Å². The van der Waals surface area contributed by atoms with Crippen LogP contribution >= 0.6 is 11.3 Å². The van der Waals surface area contributed by atoms with Crippen molar-refractivity contribution in [2.45, 2.75) is 19.5 Å². The molecule has 0 bridgehead atoms. The Kier molecular flexibility index (Phi) is 4.11. The summed E-state index contributed by atoms with van der Waals surface area (Å²) in [7, 11) is 0. The summed E-state index contributed by atoms with van der Waals surface area (Å²) in [6, 6.07) is 2.37. The van der Waals surface area contributed by atoms with Crippen molar-refractivity contribution in [1.29, 1.82) is 0 Å². The molecule has 17 heavy (non-hydrogen) atoms. The zero-order chi connectivity index (χ0) is 12.3. The number of amides is 1. The zero-order valence-electron chi connectivity index (χ0n) is 9.81. The van der Waals surface area contributed by atoms with Gasteiger partial charge in [0, 0.05) is 19.1 Å². The van der Waals surface area contributed by atoms with Crippen LogP contribution in [0.4, 0.5) is 0 Å². The predicted octanol–water partition coefficient (Wildman–Crippen LogP) is 0.572. The second-order valence-electron chi connectivity index (χ2n) is 4.14. The van der Waals surface area contributed by atoms with E-state index in [4.69, 9.17) is 10.6 Å². The fraction of sp³-hybridized carbons (Fsp3) is 0.545. The normalized spacial score (nSPS) is 21.4. The highest BCUT2D eigenvalue weighted by Crippen LogP contribution is 2.20. The van der Waals surface area contributed by atoms with Crippen LogP contribution in [0.1, 0.15) is 22.2 Å². The fourth-order valence-electron chi connectivity index (χ4n) is 1.94. The number of carbonyl (C=O) groups is 1. The molecular formula is C11H17N3O2S. The third-order valence-corrected chi connectivity index (χ3v) is 3.92. The molecule has 1 unspecified atom stereocenters. The first-order chi connectivity index (χ1) is 8.22. The molecule has 3 N–H and O–H groups in total. The molecule has 1 fully saturated rings. The van der Waals surface area contributed by atoms with Gasteiger partial charge in [0.1, 0.15) is 0 Å². The molecule has 1 aromatic rings. The van der Waals surface area contributed by atoms with Gasteiger partial charge < -0.3 is 4.74 Å². The van der Waals surface area contributed by atoms with Crippen LogP contribution in [-0.4, -0.2) is 36.6 Å². The summed E-state index contributed by atoms with van der Waals surface area (Å²) in [6.07, 6.45) is 0. The number of morpholine rings is 1. The number of hydrazine groups is 1. The summed E-state index contributed by atoms with van der Waals surface area (Å²) in [5.41, 5.74) is 3.22. The van der Waals surface area contributed by atoms with Crippen molar-refractivity contribution in [2.75, 3.05) is 19.8 Å². The van der Waals surface area contributed by atoms with Crippen molar-refractivity contribution in [3.63, 3.8) is 0 Å². The topological polar surface area (TPSA) is 67.6 Å². The minimum absolute atomic E-state index is 0.212. The molecule has 0 saturated carbocycles. The van der Waals surface area contributed by atoms with Gasteiger partial charge in [-0.1, -0.05) is 0 Å². The van der Waals surface area contributed by atoms with Crippen LogP contribution in [0.3, 0.4) is 0 Å². The quantitative estimate of drug-likeness (QED) is 0.471. The lowest BCUT2D eigenvalue weighted by Gasteiger charge is -2.33. The first kappa shape index (κ1) is 12.5. The van der Waals surface area contributed by atoms with Crippen LogP contribution in [0.2, 0.25) is 0 Å². The Hall–Kier alpha value is -0.950. The van der Waals surface area contributed by atoms with E-state index in [2.05, 4.69) is 17.2 Å². The number of ether oxygens (including phenoxy) is 1. The maximum atomic E-state index is 11.5. The first-order valence-corrected chi connectivity index (χ1v) is 6.49. The van der Waals surface area contributed by atoms with E-state index in [-0.39, 0.29) is 5.91 Å². The number of carbonyl (C=O) groups excluding carboxylic acids is 1. The van der Waals surface area contributed by atoms with Crippen molar-refractivity contribution < 1.29 is 9.53 Å². The number of thiophene rings is 1. The maximum Gasteiger partial charge on any atom is 0.275 e. The average Bonchev–Trinajstić information content (AvgIpc) is 2.79. The molecule has 1 aliphatic heterocycles. The van der Waals surface area contributed by atoms with E-state index < -0.39 is 0 Å². The lowest BCUT2D eigenvalue weighted by molar-refractivity contribution is -0.00439. The van der Waals surface area contributed by atoms with E-state index in [1.807, 2.05) is 11.4 Å².